The van der Waals surface area contributed by atoms with Crippen LogP contribution in [-0.2, 0) is 9.53 Å². The molecule has 0 bridgehead atoms. The van der Waals surface area contributed by atoms with E-state index in [2.05, 4.69) is 42.8 Å². The number of aliphatic hydroxyl groups excluding tert-OH is 2. The molecule has 1 amide bonds. The Morgan fingerprint density at radius 1 is 0.857 bits per heavy atom. The van der Waals surface area contributed by atoms with Crippen molar-refractivity contribution < 1.29 is 19.7 Å². The number of aromatic nitrogens is 2. The summed E-state index contributed by atoms with van der Waals surface area (Å²) in [6.45, 7) is 3.35. The maximum atomic E-state index is 12.0. The smallest absolute Gasteiger partial charge is 0.254 e. The molecule has 0 saturated carbocycles. The minimum atomic E-state index is -1.19. The summed E-state index contributed by atoms with van der Waals surface area (Å²) in [6, 6.07) is 1.13. The highest BCUT2D eigenvalue weighted by atomic mass is 16.6. The number of nitrogens with one attached hydrogen (secondary N) is 3. The third kappa shape index (κ3) is 9.34. The van der Waals surface area contributed by atoms with Crippen LogP contribution in [0.4, 0.5) is 11.6 Å². The Hall–Kier alpha value is -2.83. The number of hydrogen-bond acceptors (Lipinski definition) is 11. The van der Waals surface area contributed by atoms with Gasteiger partial charge in [0.25, 0.3) is 5.91 Å². The Kier molecular flexibility index (Phi) is 13.2. The molecule has 5 N–H and O–H groups in total. The molecule has 0 aliphatic carbocycles. The normalized spacial score (nSPS) is 26.5. The summed E-state index contributed by atoms with van der Waals surface area (Å²) in [4.78, 5) is 30.6. The molecule has 3 aliphatic heterocycles. The van der Waals surface area contributed by atoms with Crippen LogP contribution in [0.3, 0.4) is 0 Å². The number of nitrogens with zero attached hydrogens (tertiary/aromatic N) is 5. The van der Waals surface area contributed by atoms with Crippen molar-refractivity contribution in [3.63, 3.8) is 0 Å². The maximum absolute atomic E-state index is 12.0. The molecule has 0 aromatic carbocycles. The summed E-state index contributed by atoms with van der Waals surface area (Å²) in [6.07, 6.45) is 18.5. The lowest BCUT2D eigenvalue weighted by molar-refractivity contribution is -0.123. The highest BCUT2D eigenvalue weighted by Gasteiger charge is 2.50. The molecule has 2 unspecified atom stereocenters. The summed E-state index contributed by atoms with van der Waals surface area (Å²) >= 11 is 0. The van der Waals surface area contributed by atoms with Crippen molar-refractivity contribution in [1.82, 2.24) is 20.2 Å². The number of aliphatic imine (C=N–C) groups is 2. The molecule has 3 aliphatic rings. The molecular weight excluding hydrogens is 536 g/mol. The third-order valence-electron chi connectivity index (χ3n) is 8.27. The van der Waals surface area contributed by atoms with Crippen LogP contribution in [-0.4, -0.2) is 93.5 Å². The summed E-state index contributed by atoms with van der Waals surface area (Å²) < 4.78 is 5.97. The van der Waals surface area contributed by atoms with Crippen molar-refractivity contribution in [2.45, 2.75) is 134 Å². The summed E-state index contributed by atoms with van der Waals surface area (Å²) in [5.74, 6) is 1.07. The largest absolute Gasteiger partial charge is 0.387 e. The fourth-order valence-corrected chi connectivity index (χ4v) is 5.73. The Morgan fingerprint density at radius 2 is 1.48 bits per heavy atom. The summed E-state index contributed by atoms with van der Waals surface area (Å²) in [5.41, 5.74) is 0. The van der Waals surface area contributed by atoms with Crippen molar-refractivity contribution in [2.75, 3.05) is 23.7 Å². The standard InChI is InChI=1S/C30H50N8O4/c1-2-3-4-5-6-7-8-9-10-11-12-13-14-15-16-31-23-17-24(34-19-33-23)32-18-22-26(39)27(40)30(42-22)38-21-37-25-28(38)35-20-36-29(25)41/h17,19-22,25-28,30,39-40H,2-16,18H2,1H3,(H,35,36,41)(H2,31,32,33,34)/t22-,25?,26-,27-,28?,30-/m1/s1. The van der Waals surface area contributed by atoms with E-state index < -0.39 is 36.7 Å². The highest BCUT2D eigenvalue weighted by Crippen LogP contribution is 2.29. The van der Waals surface area contributed by atoms with Crippen molar-refractivity contribution >= 4 is 30.2 Å². The second kappa shape index (κ2) is 17.3. The number of hydrogen-bond donors (Lipinski definition) is 5. The monoisotopic (exact) mass is 586 g/mol. The first kappa shape index (κ1) is 32.1. The number of amides is 1. The molecule has 4 heterocycles. The number of fused-ring (bicyclic) bond motifs is 1. The number of aliphatic hydroxyl groups is 2. The Morgan fingerprint density at radius 3 is 2.14 bits per heavy atom. The second-order valence-corrected chi connectivity index (χ2v) is 11.6. The number of carbonyl (C=O) groups is 1. The number of carbonyl (C=O) groups excluding carboxylic acids is 1. The first-order valence-corrected chi connectivity index (χ1v) is 16.0. The predicted octanol–water partition coefficient (Wildman–Crippen LogP) is 3.43. The maximum Gasteiger partial charge on any atom is 0.254 e. The van der Waals surface area contributed by atoms with Gasteiger partial charge in [-0.05, 0) is 6.42 Å². The molecule has 42 heavy (non-hydrogen) atoms. The van der Waals surface area contributed by atoms with Crippen molar-refractivity contribution in [1.29, 1.82) is 0 Å². The molecular formula is C30H50N8O4. The van der Waals surface area contributed by atoms with Crippen molar-refractivity contribution in [3.05, 3.63) is 12.4 Å². The molecule has 234 valence electrons. The molecule has 0 spiro atoms. The minimum absolute atomic E-state index is 0.229. The van der Waals surface area contributed by atoms with E-state index in [-0.39, 0.29) is 12.5 Å². The fraction of sp³-hybridized carbons (Fsp3) is 0.767. The van der Waals surface area contributed by atoms with Gasteiger partial charge in [-0.25, -0.2) is 15.0 Å². The molecule has 1 saturated heterocycles. The molecule has 1 aromatic rings. The molecule has 1 fully saturated rings. The van der Waals surface area contributed by atoms with Gasteiger partial charge in [-0.3, -0.25) is 9.79 Å². The Labute approximate surface area is 249 Å². The average Bonchev–Trinajstić information content (AvgIpc) is 3.55. The van der Waals surface area contributed by atoms with Crippen LogP contribution in [0, 0.1) is 0 Å². The van der Waals surface area contributed by atoms with E-state index in [1.807, 2.05) is 6.07 Å². The van der Waals surface area contributed by atoms with Gasteiger partial charge in [0, 0.05) is 19.2 Å². The molecule has 0 radical (unpaired) electrons. The van der Waals surface area contributed by atoms with Crippen molar-refractivity contribution in [3.8, 4) is 0 Å². The van der Waals surface area contributed by atoms with Crippen LogP contribution in [0.15, 0.2) is 22.4 Å². The zero-order valence-electron chi connectivity index (χ0n) is 25.0. The van der Waals surface area contributed by atoms with Gasteiger partial charge in [-0.2, -0.15) is 0 Å². The van der Waals surface area contributed by atoms with Crippen LogP contribution in [0.1, 0.15) is 96.8 Å². The lowest BCUT2D eigenvalue weighted by Crippen LogP contribution is -2.53. The summed E-state index contributed by atoms with van der Waals surface area (Å²) in [5, 5.41) is 30.3. The van der Waals surface area contributed by atoms with E-state index in [9.17, 15) is 15.0 Å². The Balaban J connectivity index is 1.06. The van der Waals surface area contributed by atoms with E-state index in [4.69, 9.17) is 4.74 Å². The van der Waals surface area contributed by atoms with Gasteiger partial charge in [0.05, 0.1) is 12.7 Å². The number of unbranched alkanes of at least 4 members (excludes halogenated alkanes) is 13. The van der Waals surface area contributed by atoms with Crippen LogP contribution in [0.25, 0.3) is 0 Å². The van der Waals surface area contributed by atoms with Gasteiger partial charge in [0.2, 0.25) is 0 Å². The quantitative estimate of drug-likeness (QED) is 0.144. The van der Waals surface area contributed by atoms with Crippen molar-refractivity contribution in [2.24, 2.45) is 9.98 Å². The summed E-state index contributed by atoms with van der Waals surface area (Å²) in [7, 11) is 0. The third-order valence-corrected chi connectivity index (χ3v) is 8.27. The minimum Gasteiger partial charge on any atom is -0.387 e. The molecule has 1 aromatic heterocycles. The highest BCUT2D eigenvalue weighted by molar-refractivity contribution is 5.96. The lowest BCUT2D eigenvalue weighted by Gasteiger charge is -2.31. The van der Waals surface area contributed by atoms with Gasteiger partial charge < -0.3 is 35.8 Å². The SMILES string of the molecule is CCCCCCCCCCCCCCCCNc1cc(NC[C@H]2O[C@@H](N3C=NC4C(=O)NC=NC43)[C@H](O)[C@@H]2O)ncn1. The first-order chi connectivity index (χ1) is 20.6. The Bertz CT molecular complexity index is 1010. The predicted molar refractivity (Wildman–Crippen MR) is 165 cm³/mol. The zero-order chi connectivity index (χ0) is 29.6. The van der Waals surface area contributed by atoms with E-state index >= 15 is 0 Å². The van der Waals surface area contributed by atoms with Gasteiger partial charge in [0.1, 0.15) is 36.3 Å². The van der Waals surface area contributed by atoms with Gasteiger partial charge in [-0.15, -0.1) is 0 Å². The second-order valence-electron chi connectivity index (χ2n) is 11.6. The molecule has 6 atom stereocenters. The molecule has 12 heteroatoms. The van der Waals surface area contributed by atoms with Crippen LogP contribution < -0.4 is 16.0 Å². The van der Waals surface area contributed by atoms with E-state index in [1.165, 1.54) is 102 Å². The molecule has 4 rings (SSSR count). The van der Waals surface area contributed by atoms with Crippen LogP contribution in [0.2, 0.25) is 0 Å². The van der Waals surface area contributed by atoms with Gasteiger partial charge in [0.15, 0.2) is 18.4 Å². The number of rotatable bonds is 20. The average molecular weight is 587 g/mol. The number of anilines is 2. The van der Waals surface area contributed by atoms with Gasteiger partial charge >= 0.3 is 0 Å². The molecule has 12 nitrogen and oxygen atoms in total. The zero-order valence-corrected chi connectivity index (χ0v) is 25.0. The van der Waals surface area contributed by atoms with E-state index in [0.29, 0.717) is 5.82 Å². The lowest BCUT2D eigenvalue weighted by atomic mass is 10.0. The first-order valence-electron chi connectivity index (χ1n) is 16.0. The van der Waals surface area contributed by atoms with Gasteiger partial charge in [-0.1, -0.05) is 90.4 Å². The topological polar surface area (TPSA) is 157 Å². The van der Waals surface area contributed by atoms with Crippen LogP contribution in [0.5, 0.6) is 0 Å². The fourth-order valence-electron chi connectivity index (χ4n) is 5.73. The van der Waals surface area contributed by atoms with E-state index in [0.717, 1.165) is 18.8 Å². The van der Waals surface area contributed by atoms with Crippen LogP contribution >= 0.6 is 0 Å². The number of ether oxygens (including phenoxy) is 1. The van der Waals surface area contributed by atoms with E-state index in [1.54, 1.807) is 4.90 Å².